The lowest BCUT2D eigenvalue weighted by Crippen LogP contribution is -2.34. The highest BCUT2D eigenvalue weighted by molar-refractivity contribution is 7.13. The first kappa shape index (κ1) is 26.4. The summed E-state index contributed by atoms with van der Waals surface area (Å²) in [7, 11) is 0. The Balaban J connectivity index is 1.23. The van der Waals surface area contributed by atoms with Gasteiger partial charge in [-0.1, -0.05) is 42.5 Å². The minimum absolute atomic E-state index is 0.199. The molecule has 0 radical (unpaired) electrons. The third-order valence-electron chi connectivity index (χ3n) is 6.65. The van der Waals surface area contributed by atoms with Gasteiger partial charge in [0, 0.05) is 23.9 Å². The predicted octanol–water partition coefficient (Wildman–Crippen LogP) is 6.16. The number of thiophene rings is 1. The summed E-state index contributed by atoms with van der Waals surface area (Å²) in [6.07, 6.45) is 4.86. The third-order valence-corrected chi connectivity index (χ3v) is 7.78. The fraction of sp³-hybridized carbons (Fsp3) is 0.467. The summed E-state index contributed by atoms with van der Waals surface area (Å²) in [4.78, 5) is 28.5. The molecule has 0 bridgehead atoms. The van der Waals surface area contributed by atoms with E-state index in [0.29, 0.717) is 30.7 Å². The summed E-state index contributed by atoms with van der Waals surface area (Å²) in [5.41, 5.74) is 0.636. The van der Waals surface area contributed by atoms with Crippen LogP contribution in [0.1, 0.15) is 73.0 Å². The standard InChI is InChI=1S/C30H37NO4S/c1-30(2,3)35-29(34)27-16-15-26(36-27)9-6-18-31-24(13-17-28(31)33)12-14-25(32)20-21-10-11-22-7-4-5-8-23(22)19-21/h4-5,7-8,10-11,15-16,19,24-25,32H,6,9,12-14,17-18,20H2,1-3H3/t24-,25?/m0/s1. The number of ether oxygens (including phenoxy) is 1. The second-order valence-corrected chi connectivity index (χ2v) is 11.9. The molecule has 0 spiro atoms. The van der Waals surface area contributed by atoms with Crippen molar-refractivity contribution in [3.8, 4) is 0 Å². The molecule has 2 atom stereocenters. The molecule has 2 heterocycles. The number of aliphatic hydroxyl groups excluding tert-OH is 1. The third kappa shape index (κ3) is 7.17. The van der Waals surface area contributed by atoms with Crippen LogP contribution in [0.15, 0.2) is 54.6 Å². The number of rotatable bonds is 10. The molecular weight excluding hydrogens is 470 g/mol. The van der Waals surface area contributed by atoms with Crippen molar-refractivity contribution in [2.24, 2.45) is 0 Å². The van der Waals surface area contributed by atoms with Crippen LogP contribution >= 0.6 is 11.3 Å². The fourth-order valence-corrected chi connectivity index (χ4v) is 5.83. The van der Waals surface area contributed by atoms with Crippen molar-refractivity contribution in [1.29, 1.82) is 0 Å². The van der Waals surface area contributed by atoms with Gasteiger partial charge in [0.05, 0.1) is 6.10 Å². The first-order valence-corrected chi connectivity index (χ1v) is 13.8. The van der Waals surface area contributed by atoms with Gasteiger partial charge in [-0.3, -0.25) is 4.79 Å². The van der Waals surface area contributed by atoms with E-state index in [0.717, 1.165) is 36.1 Å². The molecule has 1 aliphatic heterocycles. The van der Waals surface area contributed by atoms with Crippen LogP contribution < -0.4 is 0 Å². The molecular formula is C30H37NO4S. The average Bonchev–Trinajstić information content (AvgIpc) is 3.44. The largest absolute Gasteiger partial charge is 0.456 e. The van der Waals surface area contributed by atoms with Crippen LogP contribution in [0.4, 0.5) is 0 Å². The maximum atomic E-state index is 12.5. The fourth-order valence-electron chi connectivity index (χ4n) is 4.90. The molecule has 1 amide bonds. The number of esters is 1. The van der Waals surface area contributed by atoms with Gasteiger partial charge in [-0.15, -0.1) is 11.3 Å². The van der Waals surface area contributed by atoms with Crippen molar-refractivity contribution < 1.29 is 19.4 Å². The number of nitrogens with zero attached hydrogens (tertiary/aromatic N) is 1. The van der Waals surface area contributed by atoms with Crippen molar-refractivity contribution in [2.45, 2.75) is 83.5 Å². The Bertz CT molecular complexity index is 1190. The summed E-state index contributed by atoms with van der Waals surface area (Å²) in [5, 5.41) is 13.1. The molecule has 1 aliphatic rings. The molecule has 4 rings (SSSR count). The summed E-state index contributed by atoms with van der Waals surface area (Å²) >= 11 is 1.47. The quantitative estimate of drug-likeness (QED) is 0.334. The van der Waals surface area contributed by atoms with E-state index in [-0.39, 0.29) is 17.9 Å². The summed E-state index contributed by atoms with van der Waals surface area (Å²) in [5.74, 6) is -0.0691. The zero-order valence-electron chi connectivity index (χ0n) is 21.5. The SMILES string of the molecule is CC(C)(C)OC(=O)c1ccc(CCCN2C(=O)CC[C@@H]2CCC(O)Cc2ccc3ccccc3c2)s1. The highest BCUT2D eigenvalue weighted by Crippen LogP contribution is 2.26. The second kappa shape index (κ2) is 11.6. The molecule has 1 N–H and O–H groups in total. The van der Waals surface area contributed by atoms with E-state index < -0.39 is 11.7 Å². The lowest BCUT2D eigenvalue weighted by Gasteiger charge is -2.25. The summed E-state index contributed by atoms with van der Waals surface area (Å²) in [6.45, 7) is 6.31. The van der Waals surface area contributed by atoms with Crippen LogP contribution in [0.25, 0.3) is 10.8 Å². The van der Waals surface area contributed by atoms with Crippen LogP contribution in [0.3, 0.4) is 0 Å². The van der Waals surface area contributed by atoms with Crippen molar-refractivity contribution in [2.75, 3.05) is 6.54 Å². The number of carbonyl (C=O) groups is 2. The maximum Gasteiger partial charge on any atom is 0.348 e. The van der Waals surface area contributed by atoms with Crippen molar-refractivity contribution in [1.82, 2.24) is 4.90 Å². The predicted molar refractivity (Wildman–Crippen MR) is 145 cm³/mol. The number of aryl methyl sites for hydroxylation is 1. The number of hydrogen-bond acceptors (Lipinski definition) is 5. The van der Waals surface area contributed by atoms with Crippen molar-refractivity contribution >= 4 is 34.0 Å². The van der Waals surface area contributed by atoms with Gasteiger partial charge in [0.25, 0.3) is 0 Å². The van der Waals surface area contributed by atoms with Gasteiger partial charge in [-0.25, -0.2) is 4.79 Å². The van der Waals surface area contributed by atoms with Gasteiger partial charge in [-0.2, -0.15) is 0 Å². The Hall–Kier alpha value is -2.70. The van der Waals surface area contributed by atoms with E-state index in [1.165, 1.54) is 22.1 Å². The van der Waals surface area contributed by atoms with Crippen LogP contribution in [0, 0.1) is 0 Å². The Morgan fingerprint density at radius 3 is 2.69 bits per heavy atom. The molecule has 5 nitrogen and oxygen atoms in total. The summed E-state index contributed by atoms with van der Waals surface area (Å²) in [6, 6.07) is 18.6. The van der Waals surface area contributed by atoms with E-state index in [4.69, 9.17) is 4.74 Å². The van der Waals surface area contributed by atoms with E-state index in [1.54, 1.807) is 0 Å². The molecule has 6 heteroatoms. The summed E-state index contributed by atoms with van der Waals surface area (Å²) < 4.78 is 5.45. The normalized spacial score (nSPS) is 17.1. The minimum atomic E-state index is -0.505. The molecule has 0 saturated carbocycles. The Kier molecular flexibility index (Phi) is 8.47. The van der Waals surface area contributed by atoms with E-state index in [9.17, 15) is 14.7 Å². The molecule has 2 aromatic carbocycles. The zero-order chi connectivity index (χ0) is 25.7. The lowest BCUT2D eigenvalue weighted by molar-refractivity contribution is -0.129. The van der Waals surface area contributed by atoms with Crippen LogP contribution in [-0.4, -0.2) is 46.2 Å². The highest BCUT2D eigenvalue weighted by Gasteiger charge is 2.30. The number of benzene rings is 2. The molecule has 192 valence electrons. The Morgan fingerprint density at radius 2 is 1.92 bits per heavy atom. The molecule has 3 aromatic rings. The van der Waals surface area contributed by atoms with Crippen molar-refractivity contribution in [3.63, 3.8) is 0 Å². The van der Waals surface area contributed by atoms with Gasteiger partial charge >= 0.3 is 5.97 Å². The molecule has 1 saturated heterocycles. The average molecular weight is 508 g/mol. The van der Waals surface area contributed by atoms with E-state index in [1.807, 2.05) is 49.9 Å². The second-order valence-electron chi connectivity index (χ2n) is 10.8. The Labute approximate surface area is 218 Å². The van der Waals surface area contributed by atoms with Gasteiger partial charge < -0.3 is 14.7 Å². The van der Waals surface area contributed by atoms with Gasteiger partial charge in [0.2, 0.25) is 5.91 Å². The topological polar surface area (TPSA) is 66.8 Å². The Morgan fingerprint density at radius 1 is 1.14 bits per heavy atom. The smallest absolute Gasteiger partial charge is 0.348 e. The molecule has 1 aromatic heterocycles. The van der Waals surface area contributed by atoms with Gasteiger partial charge in [0.15, 0.2) is 0 Å². The number of aliphatic hydroxyl groups is 1. The van der Waals surface area contributed by atoms with E-state index in [2.05, 4.69) is 30.3 Å². The first-order chi connectivity index (χ1) is 17.2. The number of fused-ring (bicyclic) bond motifs is 1. The first-order valence-electron chi connectivity index (χ1n) is 13.0. The van der Waals surface area contributed by atoms with Crippen LogP contribution in [0.5, 0.6) is 0 Å². The van der Waals surface area contributed by atoms with Gasteiger partial charge in [0.1, 0.15) is 10.5 Å². The lowest BCUT2D eigenvalue weighted by atomic mass is 9.98. The van der Waals surface area contributed by atoms with Crippen LogP contribution in [-0.2, 0) is 22.4 Å². The molecule has 1 fully saturated rings. The molecule has 0 aliphatic carbocycles. The number of amides is 1. The minimum Gasteiger partial charge on any atom is -0.456 e. The van der Waals surface area contributed by atoms with Crippen molar-refractivity contribution in [3.05, 3.63) is 69.9 Å². The van der Waals surface area contributed by atoms with Crippen LogP contribution in [0.2, 0.25) is 0 Å². The molecule has 1 unspecified atom stereocenters. The van der Waals surface area contributed by atoms with E-state index >= 15 is 0 Å². The number of carbonyl (C=O) groups excluding carboxylic acids is 2. The number of likely N-dealkylation sites (tertiary alicyclic amines) is 1. The monoisotopic (exact) mass is 507 g/mol. The number of hydrogen-bond donors (Lipinski definition) is 1. The maximum absolute atomic E-state index is 12.5. The zero-order valence-corrected chi connectivity index (χ0v) is 22.4. The molecule has 36 heavy (non-hydrogen) atoms. The highest BCUT2D eigenvalue weighted by atomic mass is 32.1. The van der Waals surface area contributed by atoms with Gasteiger partial charge in [-0.05, 0) is 87.8 Å².